The van der Waals surface area contributed by atoms with Crippen molar-refractivity contribution in [1.82, 2.24) is 14.9 Å². The monoisotopic (exact) mass is 406 g/mol. The number of rotatable bonds is 7. The summed E-state index contributed by atoms with van der Waals surface area (Å²) in [5.74, 6) is 6.93. The highest BCUT2D eigenvalue weighted by Crippen LogP contribution is 2.24. The van der Waals surface area contributed by atoms with Gasteiger partial charge >= 0.3 is 0 Å². The van der Waals surface area contributed by atoms with Gasteiger partial charge in [0.25, 0.3) is 0 Å². The smallest absolute Gasteiger partial charge is 0.210 e. The van der Waals surface area contributed by atoms with Crippen molar-refractivity contribution >= 4 is 11.8 Å². The van der Waals surface area contributed by atoms with Gasteiger partial charge in [-0.15, -0.1) is 10.2 Å². The first-order valence-electron chi connectivity index (χ1n) is 9.04. The molecule has 0 aliphatic carbocycles. The standard InChI is InChI=1S/C22H19FN4OS/c23-19-8-4-5-9-20(19)28-14-21-25-26-22(27(21)24)29-15-16-10-12-18(13-11-16)17-6-2-1-3-7-17/h1-13H,14-15,24H2. The number of aromatic nitrogens is 3. The zero-order chi connectivity index (χ0) is 20.1. The molecule has 0 atom stereocenters. The molecule has 0 amide bonds. The number of hydrogen-bond donors (Lipinski definition) is 1. The molecule has 2 N–H and O–H groups in total. The van der Waals surface area contributed by atoms with Crippen molar-refractivity contribution in [2.75, 3.05) is 5.84 Å². The minimum atomic E-state index is -0.427. The summed E-state index contributed by atoms with van der Waals surface area (Å²) in [5.41, 5.74) is 3.52. The quantitative estimate of drug-likeness (QED) is 0.357. The van der Waals surface area contributed by atoms with Crippen LogP contribution in [0.1, 0.15) is 11.4 Å². The molecule has 1 aromatic heterocycles. The lowest BCUT2D eigenvalue weighted by molar-refractivity contribution is 0.277. The van der Waals surface area contributed by atoms with Crippen LogP contribution in [0.15, 0.2) is 84.0 Å². The van der Waals surface area contributed by atoms with E-state index in [1.807, 2.05) is 18.2 Å². The number of nitrogens with zero attached hydrogens (tertiary/aromatic N) is 3. The van der Waals surface area contributed by atoms with Crippen molar-refractivity contribution in [1.29, 1.82) is 0 Å². The van der Waals surface area contributed by atoms with Crippen LogP contribution in [-0.2, 0) is 12.4 Å². The summed E-state index contributed by atoms with van der Waals surface area (Å²) >= 11 is 1.48. The fourth-order valence-corrected chi connectivity index (χ4v) is 3.61. The normalized spacial score (nSPS) is 10.8. The van der Waals surface area contributed by atoms with Crippen molar-refractivity contribution in [2.45, 2.75) is 17.5 Å². The highest BCUT2D eigenvalue weighted by atomic mass is 32.2. The summed E-state index contributed by atoms with van der Waals surface area (Å²) < 4.78 is 20.5. The third-order valence-corrected chi connectivity index (χ3v) is 5.37. The second-order valence-corrected chi connectivity index (χ2v) is 7.28. The number of para-hydroxylation sites is 1. The third-order valence-electron chi connectivity index (χ3n) is 4.36. The molecular formula is C22H19FN4OS. The molecule has 0 saturated carbocycles. The van der Waals surface area contributed by atoms with Crippen LogP contribution in [0.25, 0.3) is 11.1 Å². The van der Waals surface area contributed by atoms with Gasteiger partial charge in [-0.1, -0.05) is 78.5 Å². The van der Waals surface area contributed by atoms with Gasteiger partial charge in [-0.05, 0) is 28.8 Å². The Hall–Kier alpha value is -3.32. The lowest BCUT2D eigenvalue weighted by atomic mass is 10.0. The molecule has 7 heteroatoms. The van der Waals surface area contributed by atoms with E-state index in [-0.39, 0.29) is 12.4 Å². The van der Waals surface area contributed by atoms with Crippen LogP contribution in [-0.4, -0.2) is 14.9 Å². The Morgan fingerprint density at radius 1 is 0.862 bits per heavy atom. The van der Waals surface area contributed by atoms with Crippen molar-refractivity contribution in [3.8, 4) is 16.9 Å². The van der Waals surface area contributed by atoms with Gasteiger partial charge in [0.2, 0.25) is 5.16 Å². The van der Waals surface area contributed by atoms with Crippen LogP contribution < -0.4 is 10.6 Å². The minimum Gasteiger partial charge on any atom is -0.482 e. The number of ether oxygens (including phenoxy) is 1. The van der Waals surface area contributed by atoms with Gasteiger partial charge in [0, 0.05) is 5.75 Å². The van der Waals surface area contributed by atoms with Crippen LogP contribution >= 0.6 is 11.8 Å². The summed E-state index contributed by atoms with van der Waals surface area (Å²) in [4.78, 5) is 0. The van der Waals surface area contributed by atoms with Gasteiger partial charge in [0.15, 0.2) is 17.4 Å². The van der Waals surface area contributed by atoms with E-state index in [2.05, 4.69) is 46.6 Å². The van der Waals surface area contributed by atoms with E-state index >= 15 is 0 Å². The van der Waals surface area contributed by atoms with Gasteiger partial charge in [-0.2, -0.15) is 0 Å². The second kappa shape index (κ2) is 8.79. The Labute approximate surface area is 172 Å². The Morgan fingerprint density at radius 2 is 1.55 bits per heavy atom. The third kappa shape index (κ3) is 4.57. The second-order valence-electron chi connectivity index (χ2n) is 6.34. The maximum absolute atomic E-state index is 13.6. The zero-order valence-electron chi connectivity index (χ0n) is 15.5. The fraction of sp³-hybridized carbons (Fsp3) is 0.0909. The van der Waals surface area contributed by atoms with Crippen molar-refractivity contribution in [3.63, 3.8) is 0 Å². The molecule has 0 saturated heterocycles. The number of thioether (sulfide) groups is 1. The SMILES string of the molecule is Nn1c(COc2ccccc2F)nnc1SCc1ccc(-c2ccccc2)cc1. The van der Waals surface area contributed by atoms with E-state index in [9.17, 15) is 4.39 Å². The highest BCUT2D eigenvalue weighted by Gasteiger charge is 2.12. The van der Waals surface area contributed by atoms with Crippen molar-refractivity contribution < 1.29 is 9.13 Å². The number of halogens is 1. The number of nitrogens with two attached hydrogens (primary N) is 1. The predicted molar refractivity (Wildman–Crippen MR) is 112 cm³/mol. The Balaban J connectivity index is 1.36. The average molecular weight is 406 g/mol. The molecular weight excluding hydrogens is 387 g/mol. The van der Waals surface area contributed by atoms with Gasteiger partial charge in [0.05, 0.1) is 0 Å². The highest BCUT2D eigenvalue weighted by molar-refractivity contribution is 7.98. The molecule has 0 aliphatic heterocycles. The summed E-state index contributed by atoms with van der Waals surface area (Å²) in [6.07, 6.45) is 0. The first kappa shape index (κ1) is 19.0. The van der Waals surface area contributed by atoms with Crippen LogP contribution in [0.3, 0.4) is 0 Å². The molecule has 5 nitrogen and oxygen atoms in total. The predicted octanol–water partition coefficient (Wildman–Crippen LogP) is 4.67. The largest absolute Gasteiger partial charge is 0.482 e. The first-order chi connectivity index (χ1) is 14.2. The molecule has 146 valence electrons. The minimum absolute atomic E-state index is 0.0385. The molecule has 1 heterocycles. The van der Waals surface area contributed by atoms with E-state index in [1.165, 1.54) is 33.6 Å². The summed E-state index contributed by atoms with van der Waals surface area (Å²) in [6.45, 7) is 0.0385. The molecule has 0 spiro atoms. The molecule has 0 aliphatic rings. The van der Waals surface area contributed by atoms with Gasteiger partial charge in [0.1, 0.15) is 6.61 Å². The van der Waals surface area contributed by atoms with Crippen LogP contribution in [0.5, 0.6) is 5.75 Å². The Kier molecular flexibility index (Phi) is 5.76. The first-order valence-corrected chi connectivity index (χ1v) is 10.0. The van der Waals surface area contributed by atoms with E-state index in [4.69, 9.17) is 10.6 Å². The van der Waals surface area contributed by atoms with Crippen molar-refractivity contribution in [2.24, 2.45) is 0 Å². The fourth-order valence-electron chi connectivity index (χ4n) is 2.78. The van der Waals surface area contributed by atoms with Gasteiger partial charge < -0.3 is 10.6 Å². The molecule has 4 aromatic rings. The summed E-state index contributed by atoms with van der Waals surface area (Å²) in [6, 6.07) is 24.8. The maximum Gasteiger partial charge on any atom is 0.210 e. The van der Waals surface area contributed by atoms with Gasteiger partial charge in [-0.3, -0.25) is 0 Å². The van der Waals surface area contributed by atoms with Crippen LogP contribution in [0.2, 0.25) is 0 Å². The molecule has 0 bridgehead atoms. The Morgan fingerprint density at radius 3 is 2.31 bits per heavy atom. The molecule has 29 heavy (non-hydrogen) atoms. The Bertz CT molecular complexity index is 1080. The molecule has 0 radical (unpaired) electrons. The lowest BCUT2D eigenvalue weighted by Crippen LogP contribution is -2.16. The molecule has 0 unspecified atom stereocenters. The molecule has 3 aromatic carbocycles. The molecule has 0 fully saturated rings. The topological polar surface area (TPSA) is 66.0 Å². The number of hydrogen-bond acceptors (Lipinski definition) is 5. The average Bonchev–Trinajstić information content (AvgIpc) is 3.12. The number of nitrogen functional groups attached to an aromatic ring is 1. The van der Waals surface area contributed by atoms with Gasteiger partial charge in [-0.25, -0.2) is 9.07 Å². The zero-order valence-corrected chi connectivity index (χ0v) is 16.3. The maximum atomic E-state index is 13.6. The van der Waals surface area contributed by atoms with Crippen LogP contribution in [0.4, 0.5) is 4.39 Å². The van der Waals surface area contributed by atoms with Crippen LogP contribution in [0, 0.1) is 5.82 Å². The molecule has 4 rings (SSSR count). The van der Waals surface area contributed by atoms with E-state index in [0.29, 0.717) is 16.7 Å². The lowest BCUT2D eigenvalue weighted by Gasteiger charge is -2.07. The summed E-state index contributed by atoms with van der Waals surface area (Å²) in [7, 11) is 0. The van der Waals surface area contributed by atoms with Crippen molar-refractivity contribution in [3.05, 3.63) is 96.1 Å². The number of benzene rings is 3. The van der Waals surface area contributed by atoms with E-state index in [1.54, 1.807) is 18.2 Å². The van der Waals surface area contributed by atoms with E-state index < -0.39 is 5.82 Å². The van der Waals surface area contributed by atoms with E-state index in [0.717, 1.165) is 5.56 Å². The summed E-state index contributed by atoms with van der Waals surface area (Å²) in [5, 5.41) is 8.73.